The van der Waals surface area contributed by atoms with Crippen molar-refractivity contribution in [2.75, 3.05) is 6.61 Å². The van der Waals surface area contributed by atoms with Gasteiger partial charge in [0.2, 0.25) is 0 Å². The van der Waals surface area contributed by atoms with Crippen molar-refractivity contribution in [3.63, 3.8) is 0 Å². The van der Waals surface area contributed by atoms with Crippen LogP contribution in [0, 0.1) is 5.82 Å². The van der Waals surface area contributed by atoms with Crippen LogP contribution < -0.4 is 10.1 Å². The van der Waals surface area contributed by atoms with Crippen molar-refractivity contribution in [1.29, 1.82) is 0 Å². The Bertz CT molecular complexity index is 609. The lowest BCUT2D eigenvalue weighted by atomic mass is 9.97. The Kier molecular flexibility index (Phi) is 4.25. The van der Waals surface area contributed by atoms with Crippen LogP contribution >= 0.6 is 0 Å². The molecule has 6 nitrogen and oxygen atoms in total. The highest BCUT2D eigenvalue weighted by Crippen LogP contribution is 2.37. The van der Waals surface area contributed by atoms with Gasteiger partial charge in [0.05, 0.1) is 18.2 Å². The van der Waals surface area contributed by atoms with Gasteiger partial charge in [-0.1, -0.05) is 0 Å². The first kappa shape index (κ1) is 16.1. The summed E-state index contributed by atoms with van der Waals surface area (Å²) in [7, 11) is 0. The van der Waals surface area contributed by atoms with Crippen LogP contribution in [0.4, 0.5) is 9.18 Å². The summed E-state index contributed by atoms with van der Waals surface area (Å²) in [4.78, 5) is 23.0. The summed E-state index contributed by atoms with van der Waals surface area (Å²) in [5, 5.41) is 11.7. The van der Waals surface area contributed by atoms with Crippen LogP contribution in [0.15, 0.2) is 12.1 Å². The molecule has 0 radical (unpaired) electrons. The van der Waals surface area contributed by atoms with Crippen LogP contribution in [0.1, 0.15) is 49.2 Å². The summed E-state index contributed by atoms with van der Waals surface area (Å²) < 4.78 is 24.5. The minimum Gasteiger partial charge on any atom is -0.492 e. The molecule has 0 saturated heterocycles. The number of benzene rings is 1. The summed E-state index contributed by atoms with van der Waals surface area (Å²) in [5.74, 6) is -1.88. The monoisotopic (exact) mass is 311 g/mol. The minimum atomic E-state index is -1.21. The standard InChI is InChI=1S/C15H18FNO5/c1-15(2,3)22-14(20)17-10-6-7-21-12-8(13(18)19)4-5-9(16)11(10)12/h4-5,10H,6-7H2,1-3H3,(H,17,20)(H,18,19)/t10-/m0/s1. The van der Waals surface area contributed by atoms with Gasteiger partial charge in [0.1, 0.15) is 22.7 Å². The molecule has 2 rings (SSSR count). The molecular weight excluding hydrogens is 293 g/mol. The maximum atomic E-state index is 14.1. The zero-order chi connectivity index (χ0) is 16.5. The first-order chi connectivity index (χ1) is 10.2. The number of ether oxygens (including phenoxy) is 2. The predicted octanol–water partition coefficient (Wildman–Crippen LogP) is 2.87. The summed E-state index contributed by atoms with van der Waals surface area (Å²) in [6.45, 7) is 5.33. The zero-order valence-corrected chi connectivity index (χ0v) is 12.6. The number of alkyl carbamates (subject to hydrolysis) is 1. The van der Waals surface area contributed by atoms with Crippen molar-refractivity contribution in [2.24, 2.45) is 0 Å². The Morgan fingerprint density at radius 3 is 2.68 bits per heavy atom. The van der Waals surface area contributed by atoms with Gasteiger partial charge in [-0.2, -0.15) is 0 Å². The van der Waals surface area contributed by atoms with E-state index in [9.17, 15) is 14.0 Å². The largest absolute Gasteiger partial charge is 0.492 e. The van der Waals surface area contributed by atoms with Gasteiger partial charge in [0, 0.05) is 6.42 Å². The van der Waals surface area contributed by atoms with E-state index in [4.69, 9.17) is 14.6 Å². The molecule has 0 fully saturated rings. The molecule has 0 saturated carbocycles. The smallest absolute Gasteiger partial charge is 0.408 e. The molecule has 0 unspecified atom stereocenters. The van der Waals surface area contributed by atoms with Crippen molar-refractivity contribution in [3.8, 4) is 5.75 Å². The molecule has 1 atom stereocenters. The molecule has 1 amide bonds. The third-order valence-corrected chi connectivity index (χ3v) is 3.07. The lowest BCUT2D eigenvalue weighted by Crippen LogP contribution is -2.37. The average Bonchev–Trinajstić information content (AvgIpc) is 2.36. The van der Waals surface area contributed by atoms with Gasteiger partial charge in [-0.25, -0.2) is 14.0 Å². The van der Waals surface area contributed by atoms with E-state index in [1.54, 1.807) is 20.8 Å². The van der Waals surface area contributed by atoms with E-state index in [0.29, 0.717) is 6.42 Å². The van der Waals surface area contributed by atoms with E-state index in [1.807, 2.05) is 0 Å². The number of aromatic carboxylic acids is 1. The fraction of sp³-hybridized carbons (Fsp3) is 0.467. The summed E-state index contributed by atoms with van der Waals surface area (Å²) >= 11 is 0. The first-order valence-corrected chi connectivity index (χ1v) is 6.87. The van der Waals surface area contributed by atoms with Crippen molar-refractivity contribution >= 4 is 12.1 Å². The van der Waals surface area contributed by atoms with E-state index in [-0.39, 0.29) is 23.5 Å². The van der Waals surface area contributed by atoms with Gasteiger partial charge in [0.25, 0.3) is 0 Å². The van der Waals surface area contributed by atoms with Gasteiger partial charge in [0.15, 0.2) is 0 Å². The molecule has 0 bridgehead atoms. The number of halogens is 1. The molecule has 1 aromatic carbocycles. The zero-order valence-electron chi connectivity index (χ0n) is 12.6. The molecule has 1 aliphatic heterocycles. The van der Waals surface area contributed by atoms with Crippen LogP contribution in [0.5, 0.6) is 5.75 Å². The molecule has 22 heavy (non-hydrogen) atoms. The summed E-state index contributed by atoms with van der Waals surface area (Å²) in [6, 6.07) is 1.51. The van der Waals surface area contributed by atoms with Crippen molar-refractivity contribution in [1.82, 2.24) is 5.32 Å². The van der Waals surface area contributed by atoms with E-state index < -0.39 is 29.5 Å². The molecule has 0 aliphatic carbocycles. The number of carbonyl (C=O) groups is 2. The summed E-state index contributed by atoms with van der Waals surface area (Å²) in [5.41, 5.74) is -0.774. The number of carboxylic acid groups (broad SMARTS) is 1. The first-order valence-electron chi connectivity index (χ1n) is 6.87. The fourth-order valence-electron chi connectivity index (χ4n) is 2.24. The molecule has 0 aromatic heterocycles. The molecule has 2 N–H and O–H groups in total. The van der Waals surface area contributed by atoms with Crippen molar-refractivity contribution in [2.45, 2.75) is 38.8 Å². The minimum absolute atomic E-state index is 0.0389. The fourth-order valence-corrected chi connectivity index (χ4v) is 2.24. The van der Waals surface area contributed by atoms with E-state index in [0.717, 1.165) is 12.1 Å². The quantitative estimate of drug-likeness (QED) is 0.877. The van der Waals surface area contributed by atoms with Crippen LogP contribution in [0.3, 0.4) is 0 Å². The van der Waals surface area contributed by atoms with Crippen molar-refractivity contribution in [3.05, 3.63) is 29.1 Å². The average molecular weight is 311 g/mol. The topological polar surface area (TPSA) is 84.9 Å². The highest BCUT2D eigenvalue weighted by Gasteiger charge is 2.31. The van der Waals surface area contributed by atoms with Gasteiger partial charge in [-0.15, -0.1) is 0 Å². The lowest BCUT2D eigenvalue weighted by Gasteiger charge is -2.29. The third kappa shape index (κ3) is 3.47. The van der Waals surface area contributed by atoms with Crippen molar-refractivity contribution < 1.29 is 28.6 Å². The van der Waals surface area contributed by atoms with Crippen LogP contribution in [0.2, 0.25) is 0 Å². The predicted molar refractivity (Wildman–Crippen MR) is 75.6 cm³/mol. The van der Waals surface area contributed by atoms with E-state index >= 15 is 0 Å². The van der Waals surface area contributed by atoms with Gasteiger partial charge in [-0.3, -0.25) is 0 Å². The normalized spacial score (nSPS) is 17.2. The number of carboxylic acids is 1. The number of carbonyl (C=O) groups excluding carboxylic acids is 1. The lowest BCUT2D eigenvalue weighted by molar-refractivity contribution is 0.0489. The highest BCUT2D eigenvalue weighted by molar-refractivity contribution is 5.91. The third-order valence-electron chi connectivity index (χ3n) is 3.07. The molecule has 1 aromatic rings. The number of hydrogen-bond donors (Lipinski definition) is 2. The second-order valence-corrected chi connectivity index (χ2v) is 5.98. The SMILES string of the molecule is CC(C)(C)OC(=O)N[C@H]1CCOc2c(C(=O)O)ccc(F)c21. The Balaban J connectivity index is 2.30. The molecule has 0 spiro atoms. The van der Waals surface area contributed by atoms with Crippen LogP contribution in [0.25, 0.3) is 0 Å². The van der Waals surface area contributed by atoms with E-state index in [1.165, 1.54) is 0 Å². The molecule has 120 valence electrons. The second kappa shape index (κ2) is 5.82. The van der Waals surface area contributed by atoms with Gasteiger partial charge in [-0.05, 0) is 32.9 Å². The Labute approximate surface area is 127 Å². The Hall–Kier alpha value is -2.31. The number of nitrogens with one attached hydrogen (secondary N) is 1. The highest BCUT2D eigenvalue weighted by atomic mass is 19.1. The van der Waals surface area contributed by atoms with Crippen LogP contribution in [-0.4, -0.2) is 29.4 Å². The second-order valence-electron chi connectivity index (χ2n) is 5.98. The number of amides is 1. The Morgan fingerprint density at radius 1 is 1.41 bits per heavy atom. The summed E-state index contributed by atoms with van der Waals surface area (Å²) in [6.07, 6.45) is -0.364. The molecule has 1 heterocycles. The number of fused-ring (bicyclic) bond motifs is 1. The molecule has 7 heteroatoms. The van der Waals surface area contributed by atoms with Crippen LogP contribution in [-0.2, 0) is 4.74 Å². The maximum Gasteiger partial charge on any atom is 0.408 e. The molecular formula is C15H18FNO5. The number of rotatable bonds is 2. The number of hydrogen-bond acceptors (Lipinski definition) is 4. The van der Waals surface area contributed by atoms with Gasteiger partial charge < -0.3 is 19.9 Å². The van der Waals surface area contributed by atoms with E-state index in [2.05, 4.69) is 5.32 Å². The Morgan fingerprint density at radius 2 is 2.09 bits per heavy atom. The molecule has 1 aliphatic rings. The maximum absolute atomic E-state index is 14.1. The van der Waals surface area contributed by atoms with Gasteiger partial charge >= 0.3 is 12.1 Å².